The van der Waals surface area contributed by atoms with Crippen molar-refractivity contribution in [2.75, 3.05) is 13.2 Å². The van der Waals surface area contributed by atoms with E-state index in [-0.39, 0.29) is 5.41 Å². The molecule has 1 fully saturated rings. The van der Waals surface area contributed by atoms with E-state index in [4.69, 9.17) is 4.74 Å². The molecular weight excluding hydrogens is 198 g/mol. The maximum Gasteiger partial charge on any atom is 0.0733 e. The van der Waals surface area contributed by atoms with Gasteiger partial charge in [-0.2, -0.15) is 0 Å². The van der Waals surface area contributed by atoms with Crippen LogP contribution in [0, 0.1) is 17.3 Å². The Morgan fingerprint density at radius 1 is 1.25 bits per heavy atom. The molecule has 2 atom stereocenters. The van der Waals surface area contributed by atoms with Crippen LogP contribution in [0.1, 0.15) is 48.0 Å². The Labute approximate surface area is 101 Å². The smallest absolute Gasteiger partial charge is 0.0733 e. The quantitative estimate of drug-likeness (QED) is 0.800. The van der Waals surface area contributed by atoms with E-state index in [1.807, 2.05) is 0 Å². The second-order valence-electron chi connectivity index (χ2n) is 6.79. The lowest BCUT2D eigenvalue weighted by Crippen LogP contribution is -2.45. The zero-order chi connectivity index (χ0) is 12.3. The summed E-state index contributed by atoms with van der Waals surface area (Å²) in [7, 11) is 0. The lowest BCUT2D eigenvalue weighted by Gasteiger charge is -2.29. The topological polar surface area (TPSA) is 21.3 Å². The maximum absolute atomic E-state index is 6.14. The van der Waals surface area contributed by atoms with Gasteiger partial charge in [0, 0.05) is 18.0 Å². The predicted molar refractivity (Wildman–Crippen MR) is 69.6 cm³/mol. The van der Waals surface area contributed by atoms with Gasteiger partial charge in [-0.25, -0.2) is 0 Å². The van der Waals surface area contributed by atoms with Gasteiger partial charge in [-0.15, -0.1) is 0 Å². The van der Waals surface area contributed by atoms with Crippen LogP contribution in [-0.2, 0) is 4.74 Å². The minimum absolute atomic E-state index is 0.263. The van der Waals surface area contributed by atoms with Crippen molar-refractivity contribution < 1.29 is 4.74 Å². The lowest BCUT2D eigenvalue weighted by atomic mass is 9.92. The molecule has 0 saturated carbocycles. The van der Waals surface area contributed by atoms with Gasteiger partial charge in [-0.3, -0.25) is 0 Å². The predicted octanol–water partition coefficient (Wildman–Crippen LogP) is 3.07. The monoisotopic (exact) mass is 227 g/mol. The van der Waals surface area contributed by atoms with Crippen molar-refractivity contribution in [3.05, 3.63) is 0 Å². The van der Waals surface area contributed by atoms with E-state index in [9.17, 15) is 0 Å². The molecule has 0 spiro atoms. The fourth-order valence-corrected chi connectivity index (χ4v) is 2.36. The van der Waals surface area contributed by atoms with Crippen LogP contribution in [0.3, 0.4) is 0 Å². The van der Waals surface area contributed by atoms with E-state index in [1.165, 1.54) is 0 Å². The summed E-state index contributed by atoms with van der Waals surface area (Å²) in [5.74, 6) is 1.34. The molecule has 0 radical (unpaired) electrons. The molecule has 1 heterocycles. The Morgan fingerprint density at radius 3 is 2.38 bits per heavy atom. The third-order valence-electron chi connectivity index (χ3n) is 3.33. The van der Waals surface area contributed by atoms with Crippen LogP contribution in [0.2, 0.25) is 0 Å². The Morgan fingerprint density at radius 2 is 1.88 bits per heavy atom. The molecule has 2 unspecified atom stereocenters. The van der Waals surface area contributed by atoms with E-state index < -0.39 is 0 Å². The van der Waals surface area contributed by atoms with Crippen molar-refractivity contribution >= 4 is 0 Å². The van der Waals surface area contributed by atoms with Gasteiger partial charge in [0.05, 0.1) is 12.7 Å². The second-order valence-corrected chi connectivity index (χ2v) is 6.79. The van der Waals surface area contributed by atoms with Crippen LogP contribution in [0.15, 0.2) is 0 Å². The molecule has 96 valence electrons. The van der Waals surface area contributed by atoms with Gasteiger partial charge in [0.25, 0.3) is 0 Å². The molecule has 0 aromatic carbocycles. The maximum atomic E-state index is 6.14. The standard InChI is InChI=1S/C14H29NO/c1-10(2)7-12-13(11(3)4)15-8-14(5,6)9-16-12/h10-13,15H,7-9H2,1-6H3. The number of nitrogens with one attached hydrogen (secondary N) is 1. The first-order chi connectivity index (χ1) is 7.32. The summed E-state index contributed by atoms with van der Waals surface area (Å²) < 4.78 is 6.14. The van der Waals surface area contributed by atoms with Crippen molar-refractivity contribution in [3.8, 4) is 0 Å². The third kappa shape index (κ3) is 4.06. The highest BCUT2D eigenvalue weighted by Crippen LogP contribution is 2.25. The van der Waals surface area contributed by atoms with Crippen LogP contribution in [0.25, 0.3) is 0 Å². The normalized spacial score (nSPS) is 30.8. The molecule has 0 bridgehead atoms. The van der Waals surface area contributed by atoms with E-state index in [2.05, 4.69) is 46.9 Å². The van der Waals surface area contributed by atoms with Crippen molar-refractivity contribution in [1.29, 1.82) is 0 Å². The number of hydrogen-bond donors (Lipinski definition) is 1. The van der Waals surface area contributed by atoms with E-state index in [1.54, 1.807) is 0 Å². The van der Waals surface area contributed by atoms with Crippen LogP contribution >= 0.6 is 0 Å². The molecule has 1 N–H and O–H groups in total. The Hall–Kier alpha value is -0.0800. The van der Waals surface area contributed by atoms with E-state index in [0.717, 1.165) is 19.6 Å². The summed E-state index contributed by atoms with van der Waals surface area (Å²) in [6.07, 6.45) is 1.54. The number of hydrogen-bond acceptors (Lipinski definition) is 2. The highest BCUT2D eigenvalue weighted by Gasteiger charge is 2.33. The summed E-state index contributed by atoms with van der Waals surface area (Å²) in [6.45, 7) is 15.6. The molecule has 0 amide bonds. The molecular formula is C14H29NO. The zero-order valence-corrected chi connectivity index (χ0v) is 11.8. The molecule has 2 nitrogen and oxygen atoms in total. The Balaban J connectivity index is 2.69. The van der Waals surface area contributed by atoms with Crippen LogP contribution in [0.5, 0.6) is 0 Å². The fraction of sp³-hybridized carbons (Fsp3) is 1.00. The van der Waals surface area contributed by atoms with Gasteiger partial charge in [0.2, 0.25) is 0 Å². The molecule has 1 rings (SSSR count). The highest BCUT2D eigenvalue weighted by atomic mass is 16.5. The number of rotatable bonds is 3. The lowest BCUT2D eigenvalue weighted by molar-refractivity contribution is -0.00698. The molecule has 1 saturated heterocycles. The second kappa shape index (κ2) is 5.50. The van der Waals surface area contributed by atoms with Crippen LogP contribution in [0.4, 0.5) is 0 Å². The molecule has 0 aliphatic carbocycles. The van der Waals surface area contributed by atoms with Crippen LogP contribution in [-0.4, -0.2) is 25.3 Å². The highest BCUT2D eigenvalue weighted by molar-refractivity contribution is 4.87. The molecule has 16 heavy (non-hydrogen) atoms. The average Bonchev–Trinajstić information content (AvgIpc) is 2.25. The Bertz CT molecular complexity index is 211. The van der Waals surface area contributed by atoms with E-state index in [0.29, 0.717) is 24.0 Å². The fourth-order valence-electron chi connectivity index (χ4n) is 2.36. The average molecular weight is 227 g/mol. The van der Waals surface area contributed by atoms with Crippen molar-refractivity contribution in [2.24, 2.45) is 17.3 Å². The molecule has 2 heteroatoms. The first-order valence-corrected chi connectivity index (χ1v) is 6.67. The molecule has 0 aromatic rings. The molecule has 1 aliphatic heterocycles. The largest absolute Gasteiger partial charge is 0.376 e. The van der Waals surface area contributed by atoms with Gasteiger partial charge >= 0.3 is 0 Å². The van der Waals surface area contributed by atoms with Gasteiger partial charge in [0.1, 0.15) is 0 Å². The SMILES string of the molecule is CC(C)CC1OCC(C)(C)CNC1C(C)C. The third-order valence-corrected chi connectivity index (χ3v) is 3.33. The van der Waals surface area contributed by atoms with Gasteiger partial charge in [0.15, 0.2) is 0 Å². The Kier molecular flexibility index (Phi) is 4.81. The first kappa shape index (κ1) is 14.0. The summed E-state index contributed by atoms with van der Waals surface area (Å²) in [6, 6.07) is 0.504. The summed E-state index contributed by atoms with van der Waals surface area (Å²) in [5, 5.41) is 3.70. The number of ether oxygens (including phenoxy) is 1. The van der Waals surface area contributed by atoms with Gasteiger partial charge in [-0.05, 0) is 18.3 Å². The van der Waals surface area contributed by atoms with Gasteiger partial charge < -0.3 is 10.1 Å². The minimum atomic E-state index is 0.263. The van der Waals surface area contributed by atoms with Crippen molar-refractivity contribution in [3.63, 3.8) is 0 Å². The summed E-state index contributed by atoms with van der Waals surface area (Å²) in [4.78, 5) is 0. The van der Waals surface area contributed by atoms with Crippen molar-refractivity contribution in [1.82, 2.24) is 5.32 Å². The van der Waals surface area contributed by atoms with Crippen molar-refractivity contribution in [2.45, 2.75) is 60.1 Å². The van der Waals surface area contributed by atoms with E-state index >= 15 is 0 Å². The molecule has 0 aromatic heterocycles. The summed E-state index contributed by atoms with van der Waals surface area (Å²) >= 11 is 0. The minimum Gasteiger partial charge on any atom is -0.376 e. The first-order valence-electron chi connectivity index (χ1n) is 6.67. The zero-order valence-electron chi connectivity index (χ0n) is 11.8. The summed E-state index contributed by atoms with van der Waals surface area (Å²) in [5.41, 5.74) is 0.263. The van der Waals surface area contributed by atoms with Crippen LogP contribution < -0.4 is 5.32 Å². The molecule has 1 aliphatic rings. The van der Waals surface area contributed by atoms with Gasteiger partial charge in [-0.1, -0.05) is 41.5 Å².